The summed E-state index contributed by atoms with van der Waals surface area (Å²) in [7, 11) is 0. The van der Waals surface area contributed by atoms with E-state index >= 15 is 0 Å². The summed E-state index contributed by atoms with van der Waals surface area (Å²) in [6.07, 6.45) is 1.28. The van der Waals surface area contributed by atoms with Crippen LogP contribution in [0.15, 0.2) is 18.3 Å². The minimum Gasteiger partial charge on any atom is -0.493 e. The predicted octanol–water partition coefficient (Wildman–Crippen LogP) is 2.46. The highest BCUT2D eigenvalue weighted by Crippen LogP contribution is 2.34. The lowest BCUT2D eigenvalue weighted by Crippen LogP contribution is -2.42. The van der Waals surface area contributed by atoms with E-state index in [4.69, 9.17) is 4.74 Å². The van der Waals surface area contributed by atoms with Crippen molar-refractivity contribution in [3.63, 3.8) is 0 Å². The summed E-state index contributed by atoms with van der Waals surface area (Å²) < 4.78 is 6.81. The van der Waals surface area contributed by atoms with E-state index in [0.717, 1.165) is 11.4 Å². The molecule has 3 rings (SSSR count). The van der Waals surface area contributed by atoms with Crippen molar-refractivity contribution in [1.29, 1.82) is 0 Å². The Kier molecular flexibility index (Phi) is 4.09. The zero-order valence-electron chi connectivity index (χ0n) is 13.4. The molecular weight excluding hydrogens is 316 g/mol. The summed E-state index contributed by atoms with van der Waals surface area (Å²) in [5, 5.41) is 14.0. The van der Waals surface area contributed by atoms with Gasteiger partial charge in [0.05, 0.1) is 17.1 Å². The van der Waals surface area contributed by atoms with E-state index in [9.17, 15) is 9.90 Å². The summed E-state index contributed by atoms with van der Waals surface area (Å²) in [6.45, 7) is 6.73. The third kappa shape index (κ3) is 3.52. The monoisotopic (exact) mass is 336 g/mol. The van der Waals surface area contributed by atoms with Gasteiger partial charge in [-0.25, -0.2) is 9.78 Å². The minimum atomic E-state index is -0.510. The Morgan fingerprint density at radius 3 is 3.00 bits per heavy atom. The molecule has 1 saturated heterocycles. The third-order valence-electron chi connectivity index (χ3n) is 3.41. The van der Waals surface area contributed by atoms with Crippen molar-refractivity contribution in [2.75, 3.05) is 18.8 Å². The fraction of sp³-hybridized carbons (Fsp3) is 0.533. The molecule has 2 aromatic heterocycles. The molecule has 0 bridgehead atoms. The molecule has 1 atom stereocenters. The number of nitrogens with zero attached hydrogens (tertiary/aromatic N) is 4. The molecule has 1 unspecified atom stereocenters. The first-order valence-electron chi connectivity index (χ1n) is 7.47. The van der Waals surface area contributed by atoms with Crippen LogP contribution in [0, 0.1) is 0 Å². The Balaban J connectivity index is 1.78. The topological polar surface area (TPSA) is 80.0 Å². The lowest BCUT2D eigenvalue weighted by atomic mass is 10.2. The summed E-state index contributed by atoms with van der Waals surface area (Å²) in [4.78, 5) is 18.5. The molecule has 7 nitrogen and oxygen atoms in total. The molecule has 3 heterocycles. The summed E-state index contributed by atoms with van der Waals surface area (Å²) in [5.74, 6) is 0.849. The molecule has 1 N–H and O–H groups in total. The largest absolute Gasteiger partial charge is 0.493 e. The maximum Gasteiger partial charge on any atom is 0.410 e. The number of amides is 1. The molecule has 23 heavy (non-hydrogen) atoms. The molecule has 0 aromatic carbocycles. The van der Waals surface area contributed by atoms with E-state index in [1.165, 1.54) is 4.52 Å². The van der Waals surface area contributed by atoms with Gasteiger partial charge in [-0.2, -0.15) is 9.61 Å². The number of aromatic nitrogens is 3. The molecule has 0 saturated carbocycles. The SMILES string of the molecule is CC(C)(C)OC(=O)N1CCSC(c2cc(O)n3nccc3n2)C1. The number of ether oxygens (including phenoxy) is 1. The van der Waals surface area contributed by atoms with E-state index in [1.54, 1.807) is 35.0 Å². The first-order chi connectivity index (χ1) is 10.8. The van der Waals surface area contributed by atoms with Gasteiger partial charge in [-0.05, 0) is 20.8 Å². The van der Waals surface area contributed by atoms with Gasteiger partial charge in [0.2, 0.25) is 5.88 Å². The van der Waals surface area contributed by atoms with E-state index in [0.29, 0.717) is 18.7 Å². The minimum absolute atomic E-state index is 0.00192. The van der Waals surface area contributed by atoms with Crippen molar-refractivity contribution in [1.82, 2.24) is 19.5 Å². The second kappa shape index (κ2) is 5.92. The van der Waals surface area contributed by atoms with E-state index in [2.05, 4.69) is 10.1 Å². The molecular formula is C15H20N4O3S. The maximum absolute atomic E-state index is 12.2. The third-order valence-corrected chi connectivity index (χ3v) is 4.62. The van der Waals surface area contributed by atoms with E-state index < -0.39 is 5.60 Å². The van der Waals surface area contributed by atoms with Crippen LogP contribution in [0.2, 0.25) is 0 Å². The molecule has 1 aliphatic rings. The molecule has 1 aliphatic heterocycles. The van der Waals surface area contributed by atoms with Gasteiger partial charge in [0.15, 0.2) is 5.65 Å². The molecule has 124 valence electrons. The lowest BCUT2D eigenvalue weighted by Gasteiger charge is -2.33. The number of aromatic hydroxyl groups is 1. The zero-order valence-corrected chi connectivity index (χ0v) is 14.2. The van der Waals surface area contributed by atoms with E-state index in [-0.39, 0.29) is 17.2 Å². The average molecular weight is 336 g/mol. The van der Waals surface area contributed by atoms with Crippen LogP contribution in [0.5, 0.6) is 5.88 Å². The Hall–Kier alpha value is -1.96. The predicted molar refractivity (Wildman–Crippen MR) is 87.7 cm³/mol. The fourth-order valence-electron chi connectivity index (χ4n) is 2.40. The number of fused-ring (bicyclic) bond motifs is 1. The molecule has 0 aliphatic carbocycles. The Labute approximate surface area is 138 Å². The van der Waals surface area contributed by atoms with Gasteiger partial charge in [0, 0.05) is 31.0 Å². The van der Waals surface area contributed by atoms with Crippen LogP contribution in [-0.2, 0) is 4.74 Å². The zero-order chi connectivity index (χ0) is 16.6. The van der Waals surface area contributed by atoms with Crippen LogP contribution in [0.3, 0.4) is 0 Å². The molecule has 2 aromatic rings. The highest BCUT2D eigenvalue weighted by atomic mass is 32.2. The van der Waals surface area contributed by atoms with Gasteiger partial charge >= 0.3 is 6.09 Å². The highest BCUT2D eigenvalue weighted by Gasteiger charge is 2.29. The molecule has 0 spiro atoms. The van der Waals surface area contributed by atoms with Crippen molar-refractivity contribution in [3.8, 4) is 5.88 Å². The number of carbonyl (C=O) groups excluding carboxylic acids is 1. The Bertz CT molecular complexity index is 725. The summed E-state index contributed by atoms with van der Waals surface area (Å²) >= 11 is 1.72. The van der Waals surface area contributed by atoms with Crippen LogP contribution in [0.25, 0.3) is 5.65 Å². The molecule has 0 radical (unpaired) electrons. The second-order valence-corrected chi connectivity index (χ2v) is 7.74. The molecule has 1 fully saturated rings. The van der Waals surface area contributed by atoms with Gasteiger partial charge < -0.3 is 14.7 Å². The maximum atomic E-state index is 12.2. The first-order valence-corrected chi connectivity index (χ1v) is 8.51. The number of rotatable bonds is 1. The van der Waals surface area contributed by atoms with Crippen molar-refractivity contribution in [2.45, 2.75) is 31.6 Å². The van der Waals surface area contributed by atoms with Crippen LogP contribution in [0.4, 0.5) is 4.79 Å². The van der Waals surface area contributed by atoms with Crippen LogP contribution in [0.1, 0.15) is 31.7 Å². The first kappa shape index (κ1) is 15.9. The van der Waals surface area contributed by atoms with Gasteiger partial charge in [0.1, 0.15) is 5.60 Å². The smallest absolute Gasteiger partial charge is 0.410 e. The van der Waals surface area contributed by atoms with Crippen LogP contribution < -0.4 is 0 Å². The van der Waals surface area contributed by atoms with Gasteiger partial charge in [-0.1, -0.05) is 0 Å². The van der Waals surface area contributed by atoms with Crippen molar-refractivity contribution < 1.29 is 14.6 Å². The van der Waals surface area contributed by atoms with Crippen LogP contribution in [-0.4, -0.2) is 55.1 Å². The summed E-state index contributed by atoms with van der Waals surface area (Å²) in [5.41, 5.74) is 0.827. The Morgan fingerprint density at radius 2 is 2.26 bits per heavy atom. The second-order valence-electron chi connectivity index (χ2n) is 6.43. The van der Waals surface area contributed by atoms with Crippen molar-refractivity contribution in [3.05, 3.63) is 24.0 Å². The number of carbonyl (C=O) groups is 1. The molecule has 8 heteroatoms. The fourth-order valence-corrected chi connectivity index (χ4v) is 3.59. The van der Waals surface area contributed by atoms with Gasteiger partial charge in [0.25, 0.3) is 0 Å². The summed E-state index contributed by atoms with van der Waals surface area (Å²) in [6, 6.07) is 3.35. The van der Waals surface area contributed by atoms with Crippen molar-refractivity contribution in [2.24, 2.45) is 0 Å². The number of hydrogen-bond donors (Lipinski definition) is 1. The molecule has 1 amide bonds. The van der Waals surface area contributed by atoms with Gasteiger partial charge in [-0.3, -0.25) is 0 Å². The van der Waals surface area contributed by atoms with Crippen molar-refractivity contribution >= 4 is 23.5 Å². The normalized spacial score (nSPS) is 19.1. The van der Waals surface area contributed by atoms with E-state index in [1.807, 2.05) is 20.8 Å². The average Bonchev–Trinajstić information content (AvgIpc) is 2.94. The van der Waals surface area contributed by atoms with Gasteiger partial charge in [-0.15, -0.1) is 11.8 Å². The lowest BCUT2D eigenvalue weighted by molar-refractivity contribution is 0.0256. The number of hydrogen-bond acceptors (Lipinski definition) is 6. The standard InChI is InChI=1S/C15H20N4O3S/c1-15(2,3)22-14(21)18-6-7-23-11(9-18)10-8-13(20)19-12(17-10)4-5-16-19/h4-5,8,11,20H,6-7,9H2,1-3H3. The Morgan fingerprint density at radius 1 is 1.48 bits per heavy atom. The highest BCUT2D eigenvalue weighted by molar-refractivity contribution is 7.99. The van der Waals surface area contributed by atoms with Crippen LogP contribution >= 0.6 is 11.8 Å². The number of thioether (sulfide) groups is 1. The quantitative estimate of drug-likeness (QED) is 0.862.